The predicted molar refractivity (Wildman–Crippen MR) is 80.7 cm³/mol. The molecule has 5 heteroatoms. The molecule has 0 saturated carbocycles. The third-order valence-electron chi connectivity index (χ3n) is 4.80. The zero-order valence-corrected chi connectivity index (χ0v) is 13.4. The molecule has 5 nitrogen and oxygen atoms in total. The van der Waals surface area contributed by atoms with E-state index in [0.29, 0.717) is 24.7 Å². The first-order valence-corrected chi connectivity index (χ1v) is 7.48. The summed E-state index contributed by atoms with van der Waals surface area (Å²) in [6.45, 7) is 8.23. The van der Waals surface area contributed by atoms with Crippen molar-refractivity contribution in [2.75, 3.05) is 20.2 Å². The molecular weight excluding hydrogens is 252 g/mol. The molecule has 2 N–H and O–H groups in total. The monoisotopic (exact) mass is 280 g/mol. The fourth-order valence-electron chi connectivity index (χ4n) is 3.55. The molecule has 0 aliphatic carbocycles. The average Bonchev–Trinajstić information content (AvgIpc) is 2.70. The highest BCUT2D eigenvalue weighted by Crippen LogP contribution is 2.32. The van der Waals surface area contributed by atoms with E-state index >= 15 is 0 Å². The van der Waals surface area contributed by atoms with Crippen LogP contribution in [0.1, 0.15) is 42.8 Å². The topological polar surface area (TPSA) is 56.3 Å². The van der Waals surface area contributed by atoms with Gasteiger partial charge in [-0.2, -0.15) is 5.10 Å². The minimum absolute atomic E-state index is 0.350. The van der Waals surface area contributed by atoms with Crippen molar-refractivity contribution in [3.8, 4) is 0 Å². The van der Waals surface area contributed by atoms with E-state index in [1.54, 1.807) is 7.11 Å². The molecule has 1 fully saturated rings. The van der Waals surface area contributed by atoms with Crippen molar-refractivity contribution in [3.63, 3.8) is 0 Å². The fraction of sp³-hybridized carbons (Fsp3) is 0.800. The van der Waals surface area contributed by atoms with Gasteiger partial charge in [0.2, 0.25) is 0 Å². The second kappa shape index (κ2) is 6.24. The van der Waals surface area contributed by atoms with Crippen LogP contribution in [0.15, 0.2) is 0 Å². The number of likely N-dealkylation sites (tertiary alicyclic amines) is 1. The van der Waals surface area contributed by atoms with E-state index in [2.05, 4.69) is 30.8 Å². The van der Waals surface area contributed by atoms with Gasteiger partial charge in [0.25, 0.3) is 0 Å². The number of methoxy groups -OCH3 is 1. The molecule has 3 atom stereocenters. The van der Waals surface area contributed by atoms with Gasteiger partial charge in [0.05, 0.1) is 11.8 Å². The SMILES string of the molecule is COC1CCN(C(C)c2c(C)nn(C)c2C)C(CN)C1. The molecule has 1 aromatic rings. The van der Waals surface area contributed by atoms with E-state index in [0.717, 1.165) is 25.1 Å². The van der Waals surface area contributed by atoms with Crippen LogP contribution >= 0.6 is 0 Å². The Morgan fingerprint density at radius 2 is 2.15 bits per heavy atom. The van der Waals surface area contributed by atoms with E-state index in [1.165, 1.54) is 11.3 Å². The largest absolute Gasteiger partial charge is 0.381 e. The lowest BCUT2D eigenvalue weighted by Crippen LogP contribution is -2.49. The molecule has 114 valence electrons. The predicted octanol–water partition coefficient (Wildman–Crippen LogP) is 1.54. The van der Waals surface area contributed by atoms with Crippen molar-refractivity contribution in [1.82, 2.24) is 14.7 Å². The Kier molecular flexibility index (Phi) is 4.83. The lowest BCUT2D eigenvalue weighted by Gasteiger charge is -2.42. The van der Waals surface area contributed by atoms with E-state index in [9.17, 15) is 0 Å². The molecule has 20 heavy (non-hydrogen) atoms. The molecule has 2 heterocycles. The number of piperidine rings is 1. The molecule has 0 spiro atoms. The minimum atomic E-state index is 0.350. The third kappa shape index (κ3) is 2.75. The van der Waals surface area contributed by atoms with Crippen molar-refractivity contribution in [2.45, 2.75) is 51.8 Å². The van der Waals surface area contributed by atoms with E-state index in [4.69, 9.17) is 10.5 Å². The van der Waals surface area contributed by atoms with Gasteiger partial charge in [0.15, 0.2) is 0 Å². The highest BCUT2D eigenvalue weighted by molar-refractivity contribution is 5.28. The molecule has 1 aliphatic heterocycles. The number of hydrogen-bond donors (Lipinski definition) is 1. The number of hydrogen-bond acceptors (Lipinski definition) is 4. The van der Waals surface area contributed by atoms with Gasteiger partial charge in [0, 0.05) is 50.6 Å². The van der Waals surface area contributed by atoms with Gasteiger partial charge in [-0.3, -0.25) is 9.58 Å². The summed E-state index contributed by atoms with van der Waals surface area (Å²) >= 11 is 0. The lowest BCUT2D eigenvalue weighted by atomic mass is 9.94. The molecular formula is C15H28N4O. The van der Waals surface area contributed by atoms with Crippen LogP contribution in [0.2, 0.25) is 0 Å². The summed E-state index contributed by atoms with van der Waals surface area (Å²) in [6.07, 6.45) is 2.45. The first-order valence-electron chi connectivity index (χ1n) is 7.48. The third-order valence-corrected chi connectivity index (χ3v) is 4.80. The van der Waals surface area contributed by atoms with Crippen LogP contribution < -0.4 is 5.73 Å². The Labute approximate surface area is 122 Å². The maximum Gasteiger partial charge on any atom is 0.0644 e. The van der Waals surface area contributed by atoms with Gasteiger partial charge in [-0.05, 0) is 33.6 Å². The van der Waals surface area contributed by atoms with Crippen molar-refractivity contribution >= 4 is 0 Å². The van der Waals surface area contributed by atoms with Gasteiger partial charge in [-0.1, -0.05) is 0 Å². The van der Waals surface area contributed by atoms with Crippen LogP contribution in [0.25, 0.3) is 0 Å². The zero-order chi connectivity index (χ0) is 14.9. The first-order chi connectivity index (χ1) is 9.49. The van der Waals surface area contributed by atoms with E-state index in [-0.39, 0.29) is 0 Å². The van der Waals surface area contributed by atoms with E-state index in [1.807, 2.05) is 11.7 Å². The van der Waals surface area contributed by atoms with Crippen molar-refractivity contribution in [2.24, 2.45) is 12.8 Å². The highest BCUT2D eigenvalue weighted by atomic mass is 16.5. The molecule has 1 aliphatic rings. The number of rotatable bonds is 4. The van der Waals surface area contributed by atoms with Gasteiger partial charge < -0.3 is 10.5 Å². The van der Waals surface area contributed by atoms with Crippen LogP contribution in [0.4, 0.5) is 0 Å². The number of aromatic nitrogens is 2. The molecule has 1 aromatic heterocycles. The van der Waals surface area contributed by atoms with Gasteiger partial charge in [0.1, 0.15) is 0 Å². The van der Waals surface area contributed by atoms with Crippen molar-refractivity contribution < 1.29 is 4.74 Å². The Bertz CT molecular complexity index is 457. The summed E-state index contributed by atoms with van der Waals surface area (Å²) < 4.78 is 7.48. The summed E-state index contributed by atoms with van der Waals surface area (Å²) in [7, 11) is 3.81. The standard InChI is InChI=1S/C15H28N4O/c1-10-15(11(2)18(4)17-10)12(3)19-7-6-14(20-5)8-13(19)9-16/h12-14H,6-9,16H2,1-5H3. The fourth-order valence-corrected chi connectivity index (χ4v) is 3.55. The maximum absolute atomic E-state index is 5.99. The van der Waals surface area contributed by atoms with Crippen LogP contribution in [-0.4, -0.2) is 47.0 Å². The second-order valence-electron chi connectivity index (χ2n) is 5.89. The number of nitrogens with two attached hydrogens (primary N) is 1. The molecule has 0 radical (unpaired) electrons. The van der Waals surface area contributed by atoms with Crippen LogP contribution in [0.3, 0.4) is 0 Å². The Balaban J connectivity index is 2.21. The van der Waals surface area contributed by atoms with E-state index < -0.39 is 0 Å². The zero-order valence-electron chi connectivity index (χ0n) is 13.4. The highest BCUT2D eigenvalue weighted by Gasteiger charge is 2.32. The average molecular weight is 280 g/mol. The first kappa shape index (κ1) is 15.5. The minimum Gasteiger partial charge on any atom is -0.381 e. The van der Waals surface area contributed by atoms with Crippen LogP contribution in [0, 0.1) is 13.8 Å². The molecule has 0 bridgehead atoms. The maximum atomic E-state index is 5.99. The van der Waals surface area contributed by atoms with Crippen molar-refractivity contribution in [3.05, 3.63) is 17.0 Å². The van der Waals surface area contributed by atoms with Gasteiger partial charge in [-0.15, -0.1) is 0 Å². The molecule has 2 rings (SSSR count). The summed E-state index contributed by atoms with van der Waals surface area (Å²) in [4.78, 5) is 2.52. The second-order valence-corrected chi connectivity index (χ2v) is 5.89. The normalized spacial score (nSPS) is 25.9. The summed E-state index contributed by atoms with van der Waals surface area (Å²) in [5, 5.41) is 4.54. The van der Waals surface area contributed by atoms with Gasteiger partial charge >= 0.3 is 0 Å². The van der Waals surface area contributed by atoms with Crippen LogP contribution in [-0.2, 0) is 11.8 Å². The van der Waals surface area contributed by atoms with Crippen molar-refractivity contribution in [1.29, 1.82) is 0 Å². The number of ether oxygens (including phenoxy) is 1. The number of aryl methyl sites for hydroxylation is 2. The molecule has 0 aromatic carbocycles. The quantitative estimate of drug-likeness (QED) is 0.909. The summed E-state index contributed by atoms with van der Waals surface area (Å²) in [6, 6.07) is 0.748. The summed E-state index contributed by atoms with van der Waals surface area (Å²) in [5.41, 5.74) is 9.72. The lowest BCUT2D eigenvalue weighted by molar-refractivity contribution is -0.00183. The Morgan fingerprint density at radius 3 is 2.65 bits per heavy atom. The Hall–Kier alpha value is -0.910. The van der Waals surface area contributed by atoms with Crippen LogP contribution in [0.5, 0.6) is 0 Å². The molecule has 1 saturated heterocycles. The van der Waals surface area contributed by atoms with Gasteiger partial charge in [-0.25, -0.2) is 0 Å². The summed E-state index contributed by atoms with van der Waals surface area (Å²) in [5.74, 6) is 0. The smallest absolute Gasteiger partial charge is 0.0644 e. The molecule has 0 amide bonds. The number of nitrogens with zero attached hydrogens (tertiary/aromatic N) is 3. The molecule has 3 unspecified atom stereocenters. The Morgan fingerprint density at radius 1 is 1.45 bits per heavy atom.